The van der Waals surface area contributed by atoms with Crippen LogP contribution in [0.25, 0.3) is 0 Å². The molecule has 126 valence electrons. The number of hydrogen-bond donors (Lipinski definition) is 1. The lowest BCUT2D eigenvalue weighted by molar-refractivity contribution is -0.120. The van der Waals surface area contributed by atoms with E-state index in [1.165, 1.54) is 0 Å². The fourth-order valence-corrected chi connectivity index (χ4v) is 2.32. The predicted molar refractivity (Wildman–Crippen MR) is 94.9 cm³/mol. The van der Waals surface area contributed by atoms with Crippen molar-refractivity contribution in [3.05, 3.63) is 58.7 Å². The van der Waals surface area contributed by atoms with Gasteiger partial charge < -0.3 is 9.47 Å². The highest BCUT2D eigenvalue weighted by atomic mass is 16.5. The van der Waals surface area contributed by atoms with Gasteiger partial charge in [-0.25, -0.2) is 5.43 Å². The van der Waals surface area contributed by atoms with E-state index >= 15 is 0 Å². The largest absolute Gasteiger partial charge is 0.497 e. The Morgan fingerprint density at radius 1 is 1.04 bits per heavy atom. The summed E-state index contributed by atoms with van der Waals surface area (Å²) in [5, 5.41) is 4.04. The summed E-state index contributed by atoms with van der Waals surface area (Å²) < 4.78 is 10.4. The van der Waals surface area contributed by atoms with Crippen LogP contribution >= 0.6 is 0 Å². The molecule has 2 rings (SSSR count). The molecule has 0 unspecified atom stereocenters. The molecular formula is C19H22N2O3. The normalized spacial score (nSPS) is 10.7. The van der Waals surface area contributed by atoms with Gasteiger partial charge in [0.2, 0.25) is 5.91 Å². The second kappa shape index (κ2) is 8.15. The number of carbonyl (C=O) groups excluding carboxylic acids is 1. The molecule has 0 spiro atoms. The summed E-state index contributed by atoms with van der Waals surface area (Å²) in [6.45, 7) is 3.99. The third-order valence-electron chi connectivity index (χ3n) is 3.92. The molecule has 2 aromatic carbocycles. The molecule has 0 fully saturated rings. The molecule has 0 aliphatic carbocycles. The van der Waals surface area contributed by atoms with Gasteiger partial charge in [0, 0.05) is 0 Å². The fraction of sp³-hybridized carbons (Fsp3) is 0.263. The first kappa shape index (κ1) is 17.5. The quantitative estimate of drug-likeness (QED) is 0.656. The zero-order valence-corrected chi connectivity index (χ0v) is 14.4. The lowest BCUT2D eigenvalue weighted by Crippen LogP contribution is -2.19. The second-order valence-electron chi connectivity index (χ2n) is 5.43. The van der Waals surface area contributed by atoms with Crippen molar-refractivity contribution in [3.8, 4) is 11.5 Å². The number of benzene rings is 2. The third kappa shape index (κ3) is 4.35. The Kier molecular flexibility index (Phi) is 5.95. The number of carbonyl (C=O) groups is 1. The number of nitrogens with zero attached hydrogens (tertiary/aromatic N) is 1. The first-order chi connectivity index (χ1) is 11.5. The van der Waals surface area contributed by atoms with Crippen molar-refractivity contribution in [2.24, 2.45) is 5.10 Å². The first-order valence-corrected chi connectivity index (χ1v) is 7.64. The number of methoxy groups -OCH3 is 2. The standard InChI is InChI=1S/C19H22N2O3/c1-13-14(2)18(24-4)10-7-16(13)12-20-21-19(22)11-15-5-8-17(23-3)9-6-15/h5-10,12H,11H2,1-4H3,(H,21,22). The maximum absolute atomic E-state index is 11.9. The molecule has 0 aromatic heterocycles. The monoisotopic (exact) mass is 326 g/mol. The lowest BCUT2D eigenvalue weighted by Gasteiger charge is -2.09. The molecule has 0 atom stereocenters. The van der Waals surface area contributed by atoms with Crippen LogP contribution in [-0.2, 0) is 11.2 Å². The van der Waals surface area contributed by atoms with E-state index in [9.17, 15) is 4.79 Å². The molecule has 0 saturated carbocycles. The summed E-state index contributed by atoms with van der Waals surface area (Å²) in [4.78, 5) is 11.9. The van der Waals surface area contributed by atoms with Gasteiger partial charge in [0.05, 0.1) is 26.9 Å². The van der Waals surface area contributed by atoms with Crippen molar-refractivity contribution >= 4 is 12.1 Å². The van der Waals surface area contributed by atoms with Crippen LogP contribution in [0.15, 0.2) is 41.5 Å². The summed E-state index contributed by atoms with van der Waals surface area (Å²) in [6.07, 6.45) is 1.91. The van der Waals surface area contributed by atoms with Crippen molar-refractivity contribution in [2.75, 3.05) is 14.2 Å². The van der Waals surface area contributed by atoms with Gasteiger partial charge in [-0.05, 0) is 60.4 Å². The van der Waals surface area contributed by atoms with Gasteiger partial charge >= 0.3 is 0 Å². The molecule has 0 bridgehead atoms. The SMILES string of the molecule is COc1ccc(CC(=O)NN=Cc2ccc(OC)c(C)c2C)cc1. The van der Waals surface area contributed by atoms with E-state index in [0.717, 1.165) is 33.8 Å². The molecule has 2 aromatic rings. The number of ether oxygens (including phenoxy) is 2. The highest BCUT2D eigenvalue weighted by Crippen LogP contribution is 2.22. The zero-order chi connectivity index (χ0) is 17.5. The van der Waals surface area contributed by atoms with Crippen LogP contribution in [0.3, 0.4) is 0 Å². The molecule has 0 aliphatic heterocycles. The van der Waals surface area contributed by atoms with Gasteiger partial charge in [-0.2, -0.15) is 5.10 Å². The summed E-state index contributed by atoms with van der Waals surface area (Å²) >= 11 is 0. The van der Waals surface area contributed by atoms with Crippen LogP contribution in [0, 0.1) is 13.8 Å². The van der Waals surface area contributed by atoms with Crippen LogP contribution in [0.2, 0.25) is 0 Å². The second-order valence-corrected chi connectivity index (χ2v) is 5.43. The van der Waals surface area contributed by atoms with E-state index in [4.69, 9.17) is 9.47 Å². The summed E-state index contributed by atoms with van der Waals surface area (Å²) in [6, 6.07) is 11.2. The number of rotatable bonds is 6. The van der Waals surface area contributed by atoms with E-state index < -0.39 is 0 Å². The minimum atomic E-state index is -0.167. The van der Waals surface area contributed by atoms with E-state index in [-0.39, 0.29) is 12.3 Å². The Bertz CT molecular complexity index is 737. The molecule has 0 heterocycles. The number of nitrogens with one attached hydrogen (secondary N) is 1. The minimum Gasteiger partial charge on any atom is -0.497 e. The van der Waals surface area contributed by atoms with Crippen LogP contribution in [0.5, 0.6) is 11.5 Å². The van der Waals surface area contributed by atoms with Crippen LogP contribution in [0.1, 0.15) is 22.3 Å². The van der Waals surface area contributed by atoms with Crippen molar-refractivity contribution in [2.45, 2.75) is 20.3 Å². The fourth-order valence-electron chi connectivity index (χ4n) is 2.32. The lowest BCUT2D eigenvalue weighted by atomic mass is 10.0. The summed E-state index contributed by atoms with van der Waals surface area (Å²) in [5.74, 6) is 1.44. The summed E-state index contributed by atoms with van der Waals surface area (Å²) in [5.41, 5.74) is 6.53. The van der Waals surface area contributed by atoms with Crippen molar-refractivity contribution < 1.29 is 14.3 Å². The Morgan fingerprint density at radius 3 is 2.38 bits per heavy atom. The molecule has 5 nitrogen and oxygen atoms in total. The molecule has 5 heteroatoms. The minimum absolute atomic E-state index is 0.167. The molecule has 0 aliphatic rings. The van der Waals surface area contributed by atoms with Crippen molar-refractivity contribution in [1.29, 1.82) is 0 Å². The Labute approximate surface area is 142 Å². The molecule has 24 heavy (non-hydrogen) atoms. The highest BCUT2D eigenvalue weighted by molar-refractivity contribution is 5.85. The molecule has 0 radical (unpaired) electrons. The Balaban J connectivity index is 1.95. The van der Waals surface area contributed by atoms with Crippen LogP contribution in [0.4, 0.5) is 0 Å². The van der Waals surface area contributed by atoms with Gasteiger partial charge in [0.15, 0.2) is 0 Å². The maximum Gasteiger partial charge on any atom is 0.244 e. The first-order valence-electron chi connectivity index (χ1n) is 7.64. The van der Waals surface area contributed by atoms with Crippen LogP contribution in [-0.4, -0.2) is 26.3 Å². The van der Waals surface area contributed by atoms with E-state index in [0.29, 0.717) is 0 Å². The molecular weight excluding hydrogens is 304 g/mol. The summed E-state index contributed by atoms with van der Waals surface area (Å²) in [7, 11) is 3.26. The third-order valence-corrected chi connectivity index (χ3v) is 3.92. The number of amides is 1. The van der Waals surface area contributed by atoms with Gasteiger partial charge in [-0.1, -0.05) is 12.1 Å². The Hall–Kier alpha value is -2.82. The maximum atomic E-state index is 11.9. The van der Waals surface area contributed by atoms with Crippen molar-refractivity contribution in [1.82, 2.24) is 5.43 Å². The predicted octanol–water partition coefficient (Wildman–Crippen LogP) is 3.01. The topological polar surface area (TPSA) is 59.9 Å². The average Bonchev–Trinajstić information content (AvgIpc) is 2.59. The smallest absolute Gasteiger partial charge is 0.244 e. The van der Waals surface area contributed by atoms with Crippen LogP contribution < -0.4 is 14.9 Å². The van der Waals surface area contributed by atoms with E-state index in [1.54, 1.807) is 20.4 Å². The van der Waals surface area contributed by atoms with E-state index in [2.05, 4.69) is 10.5 Å². The molecule has 1 N–H and O–H groups in total. The highest BCUT2D eigenvalue weighted by Gasteiger charge is 2.06. The number of hydrazone groups is 1. The number of hydrogen-bond acceptors (Lipinski definition) is 4. The van der Waals surface area contributed by atoms with Gasteiger partial charge in [-0.15, -0.1) is 0 Å². The zero-order valence-electron chi connectivity index (χ0n) is 14.4. The van der Waals surface area contributed by atoms with Crippen molar-refractivity contribution in [3.63, 3.8) is 0 Å². The van der Waals surface area contributed by atoms with Gasteiger partial charge in [0.25, 0.3) is 0 Å². The molecule has 1 amide bonds. The van der Waals surface area contributed by atoms with E-state index in [1.807, 2.05) is 50.2 Å². The van der Waals surface area contributed by atoms with Gasteiger partial charge in [0.1, 0.15) is 11.5 Å². The van der Waals surface area contributed by atoms with Gasteiger partial charge in [-0.3, -0.25) is 4.79 Å². The Morgan fingerprint density at radius 2 is 1.75 bits per heavy atom. The average molecular weight is 326 g/mol. The molecule has 0 saturated heterocycles.